The number of carboxylic acid groups (broad SMARTS) is 1. The second kappa shape index (κ2) is 4.69. The van der Waals surface area contributed by atoms with Crippen molar-refractivity contribution in [3.8, 4) is 0 Å². The Bertz CT molecular complexity index is 446. The van der Waals surface area contributed by atoms with E-state index in [9.17, 15) is 9.59 Å². The summed E-state index contributed by atoms with van der Waals surface area (Å²) in [7, 11) is 0. The molecule has 2 rings (SSSR count). The average molecular weight is 252 g/mol. The van der Waals surface area contributed by atoms with E-state index in [1.165, 1.54) is 0 Å². The van der Waals surface area contributed by atoms with Gasteiger partial charge < -0.3 is 5.11 Å². The summed E-state index contributed by atoms with van der Waals surface area (Å²) in [4.78, 5) is 24.3. The van der Waals surface area contributed by atoms with Gasteiger partial charge in [0.25, 0.3) is 0 Å². The highest BCUT2D eigenvalue weighted by atomic mass is 32.2. The molecule has 0 saturated heterocycles. The number of thioether (sulfide) groups is 1. The molecule has 2 aliphatic rings. The number of ketones is 1. The van der Waals surface area contributed by atoms with Crippen molar-refractivity contribution in [2.45, 2.75) is 44.8 Å². The number of allylic oxidation sites excluding steroid dienone is 3. The van der Waals surface area contributed by atoms with Gasteiger partial charge in [-0.2, -0.15) is 0 Å². The first-order valence-electron chi connectivity index (χ1n) is 5.91. The maximum Gasteiger partial charge on any atom is 0.331 e. The highest BCUT2D eigenvalue weighted by Gasteiger charge is 2.32. The average Bonchev–Trinajstić information content (AvgIpc) is 2.28. The topological polar surface area (TPSA) is 54.4 Å². The van der Waals surface area contributed by atoms with Gasteiger partial charge in [-0.3, -0.25) is 4.79 Å². The molecule has 17 heavy (non-hydrogen) atoms. The van der Waals surface area contributed by atoms with Crippen LogP contribution < -0.4 is 0 Å². The van der Waals surface area contributed by atoms with Crippen LogP contribution in [0.2, 0.25) is 0 Å². The molecule has 0 aromatic heterocycles. The minimum atomic E-state index is -0.885. The third-order valence-corrected chi connectivity index (χ3v) is 4.95. The number of carbonyl (C=O) groups excluding carboxylic acids is 1. The summed E-state index contributed by atoms with van der Waals surface area (Å²) in [5.41, 5.74) is 1.79. The summed E-state index contributed by atoms with van der Waals surface area (Å²) in [6.45, 7) is 3.85. The minimum Gasteiger partial charge on any atom is -0.478 e. The molecule has 0 aromatic rings. The Balaban J connectivity index is 2.41. The van der Waals surface area contributed by atoms with Crippen molar-refractivity contribution in [1.82, 2.24) is 0 Å². The molecule has 3 nitrogen and oxygen atoms in total. The fourth-order valence-electron chi connectivity index (χ4n) is 2.44. The predicted molar refractivity (Wildman–Crippen MR) is 67.9 cm³/mol. The molecule has 0 radical (unpaired) electrons. The SMILES string of the molecule is CCC1CC(=O)C2=C(CCC(C(=O)O)=C2C)S1. The summed E-state index contributed by atoms with van der Waals surface area (Å²) in [6.07, 6.45) is 2.80. The zero-order valence-electron chi connectivity index (χ0n) is 10.1. The lowest BCUT2D eigenvalue weighted by Gasteiger charge is -2.29. The second-order valence-corrected chi connectivity index (χ2v) is 5.88. The van der Waals surface area contributed by atoms with Gasteiger partial charge in [0, 0.05) is 22.8 Å². The van der Waals surface area contributed by atoms with Gasteiger partial charge in [-0.1, -0.05) is 6.92 Å². The Morgan fingerprint density at radius 3 is 2.76 bits per heavy atom. The van der Waals surface area contributed by atoms with E-state index in [0.717, 1.165) is 11.3 Å². The maximum atomic E-state index is 12.1. The Kier molecular flexibility index (Phi) is 3.43. The molecule has 1 heterocycles. The zero-order chi connectivity index (χ0) is 12.6. The molecule has 4 heteroatoms. The molecular formula is C13H16O3S. The quantitative estimate of drug-likeness (QED) is 0.821. The van der Waals surface area contributed by atoms with E-state index in [-0.39, 0.29) is 5.78 Å². The van der Waals surface area contributed by atoms with Gasteiger partial charge in [-0.05, 0) is 36.7 Å². The van der Waals surface area contributed by atoms with Crippen LogP contribution in [0, 0.1) is 0 Å². The van der Waals surface area contributed by atoms with E-state index in [1.807, 2.05) is 0 Å². The van der Waals surface area contributed by atoms with Gasteiger partial charge in [-0.15, -0.1) is 11.8 Å². The highest BCUT2D eigenvalue weighted by Crippen LogP contribution is 2.44. The molecule has 1 aliphatic carbocycles. The van der Waals surface area contributed by atoms with Gasteiger partial charge in [0.1, 0.15) is 0 Å². The normalized spacial score (nSPS) is 25.1. The van der Waals surface area contributed by atoms with Gasteiger partial charge in [-0.25, -0.2) is 4.79 Å². The molecule has 0 fully saturated rings. The lowest BCUT2D eigenvalue weighted by atomic mass is 9.87. The zero-order valence-corrected chi connectivity index (χ0v) is 10.9. The van der Waals surface area contributed by atoms with E-state index < -0.39 is 5.97 Å². The lowest BCUT2D eigenvalue weighted by Crippen LogP contribution is -2.23. The smallest absolute Gasteiger partial charge is 0.331 e. The molecule has 0 spiro atoms. The van der Waals surface area contributed by atoms with E-state index in [2.05, 4.69) is 6.92 Å². The number of carbonyl (C=O) groups is 2. The van der Waals surface area contributed by atoms with Crippen LogP contribution in [-0.4, -0.2) is 22.1 Å². The standard InChI is InChI=1S/C13H16O3S/c1-3-8-6-10(14)12-7(2)9(13(15)16)4-5-11(12)17-8/h8H,3-6H2,1-2H3,(H,15,16). The molecular weight excluding hydrogens is 236 g/mol. The first-order chi connectivity index (χ1) is 8.04. The van der Waals surface area contributed by atoms with Crippen LogP contribution in [0.3, 0.4) is 0 Å². The summed E-state index contributed by atoms with van der Waals surface area (Å²) in [5, 5.41) is 9.46. The van der Waals surface area contributed by atoms with E-state index in [4.69, 9.17) is 5.11 Å². The third kappa shape index (κ3) is 2.18. The molecule has 0 bridgehead atoms. The molecule has 92 valence electrons. The maximum absolute atomic E-state index is 12.1. The lowest BCUT2D eigenvalue weighted by molar-refractivity contribution is -0.132. The Morgan fingerprint density at radius 1 is 1.47 bits per heavy atom. The molecule has 1 atom stereocenters. The number of hydrogen-bond acceptors (Lipinski definition) is 3. The highest BCUT2D eigenvalue weighted by molar-refractivity contribution is 8.03. The van der Waals surface area contributed by atoms with Crippen molar-refractivity contribution in [1.29, 1.82) is 0 Å². The number of aliphatic carboxylic acids is 1. The van der Waals surface area contributed by atoms with E-state index in [0.29, 0.717) is 41.2 Å². The largest absolute Gasteiger partial charge is 0.478 e. The molecule has 0 amide bonds. The van der Waals surface area contributed by atoms with Gasteiger partial charge in [0.2, 0.25) is 0 Å². The van der Waals surface area contributed by atoms with Gasteiger partial charge in [0.15, 0.2) is 5.78 Å². The first kappa shape index (κ1) is 12.4. The fourth-order valence-corrected chi connectivity index (χ4v) is 3.85. The fraction of sp³-hybridized carbons (Fsp3) is 0.538. The van der Waals surface area contributed by atoms with Crippen molar-refractivity contribution in [2.24, 2.45) is 0 Å². The predicted octanol–water partition coefficient (Wildman–Crippen LogP) is 2.92. The van der Waals surface area contributed by atoms with Crippen LogP contribution in [0.4, 0.5) is 0 Å². The monoisotopic (exact) mass is 252 g/mol. The summed E-state index contributed by atoms with van der Waals surface area (Å²) in [5.74, 6) is -0.758. The van der Waals surface area contributed by atoms with Gasteiger partial charge >= 0.3 is 5.97 Å². The van der Waals surface area contributed by atoms with Crippen LogP contribution in [0.5, 0.6) is 0 Å². The molecule has 1 unspecified atom stereocenters. The van der Waals surface area contributed by atoms with E-state index in [1.54, 1.807) is 18.7 Å². The van der Waals surface area contributed by atoms with Crippen LogP contribution in [0.15, 0.2) is 21.6 Å². The van der Waals surface area contributed by atoms with Crippen molar-refractivity contribution in [3.05, 3.63) is 21.6 Å². The second-order valence-electron chi connectivity index (χ2n) is 4.48. The molecule has 0 aromatic carbocycles. The summed E-state index contributed by atoms with van der Waals surface area (Å²) >= 11 is 1.77. The Hall–Kier alpha value is -1.03. The minimum absolute atomic E-state index is 0.126. The Labute approximate surface area is 105 Å². The van der Waals surface area contributed by atoms with Crippen LogP contribution in [0.1, 0.15) is 39.5 Å². The summed E-state index contributed by atoms with van der Waals surface area (Å²) < 4.78 is 0. The number of Topliss-reactive ketones (excluding diaryl/α,β-unsaturated/α-hetero) is 1. The van der Waals surface area contributed by atoms with Crippen molar-refractivity contribution in [2.75, 3.05) is 0 Å². The van der Waals surface area contributed by atoms with Crippen LogP contribution >= 0.6 is 11.8 Å². The van der Waals surface area contributed by atoms with Gasteiger partial charge in [0.05, 0.1) is 0 Å². The van der Waals surface area contributed by atoms with Crippen LogP contribution in [-0.2, 0) is 9.59 Å². The molecule has 0 saturated carbocycles. The number of hydrogen-bond donors (Lipinski definition) is 1. The van der Waals surface area contributed by atoms with Crippen molar-refractivity contribution in [3.63, 3.8) is 0 Å². The summed E-state index contributed by atoms with van der Waals surface area (Å²) in [6, 6.07) is 0. The third-order valence-electron chi connectivity index (χ3n) is 3.42. The van der Waals surface area contributed by atoms with Crippen molar-refractivity contribution >= 4 is 23.5 Å². The van der Waals surface area contributed by atoms with Crippen LogP contribution in [0.25, 0.3) is 0 Å². The number of rotatable bonds is 2. The molecule has 1 N–H and O–H groups in total. The molecule has 1 aliphatic heterocycles. The Morgan fingerprint density at radius 2 is 2.18 bits per heavy atom. The number of carboxylic acids is 1. The van der Waals surface area contributed by atoms with Crippen molar-refractivity contribution < 1.29 is 14.7 Å². The van der Waals surface area contributed by atoms with E-state index >= 15 is 0 Å². The first-order valence-corrected chi connectivity index (χ1v) is 6.79.